The molecule has 2 rings (SSSR count). The van der Waals surface area contributed by atoms with Crippen LogP contribution in [0.5, 0.6) is 0 Å². The van der Waals surface area contributed by atoms with Gasteiger partial charge < -0.3 is 5.32 Å². The smallest absolute Gasteiger partial charge is 0.0728 e. The second kappa shape index (κ2) is 5.43. The number of aromatic amines is 1. The van der Waals surface area contributed by atoms with E-state index in [1.807, 2.05) is 24.4 Å². The summed E-state index contributed by atoms with van der Waals surface area (Å²) in [5.74, 6) is 0. The number of hydrogen-bond donors (Lipinski definition) is 2. The summed E-state index contributed by atoms with van der Waals surface area (Å²) in [5.41, 5.74) is 2.08. The average molecular weight is 270 g/mol. The van der Waals surface area contributed by atoms with Gasteiger partial charge in [-0.1, -0.05) is 36.2 Å². The Bertz CT molecular complexity index is 483. The molecule has 1 heterocycles. The summed E-state index contributed by atoms with van der Waals surface area (Å²) < 4.78 is 0. The van der Waals surface area contributed by atoms with Gasteiger partial charge in [-0.3, -0.25) is 5.10 Å². The Morgan fingerprint density at radius 2 is 2.18 bits per heavy atom. The van der Waals surface area contributed by atoms with Gasteiger partial charge in [-0.15, -0.1) is 0 Å². The molecule has 0 saturated heterocycles. The number of halogens is 2. The van der Waals surface area contributed by atoms with Gasteiger partial charge in [-0.25, -0.2) is 0 Å². The van der Waals surface area contributed by atoms with Crippen LogP contribution in [-0.4, -0.2) is 10.2 Å². The maximum atomic E-state index is 6.02. The summed E-state index contributed by atoms with van der Waals surface area (Å²) >= 11 is 11.9. The van der Waals surface area contributed by atoms with Crippen LogP contribution < -0.4 is 5.32 Å². The minimum atomic E-state index is 0.197. The van der Waals surface area contributed by atoms with Gasteiger partial charge in [-0.2, -0.15) is 5.10 Å². The number of benzene rings is 1. The molecule has 1 aromatic heterocycles. The molecular formula is C12H13Cl2N3. The molecule has 1 unspecified atom stereocenters. The van der Waals surface area contributed by atoms with Crippen LogP contribution in [0.15, 0.2) is 30.6 Å². The molecule has 5 heteroatoms. The van der Waals surface area contributed by atoms with Crippen molar-refractivity contribution in [1.82, 2.24) is 10.2 Å². The Labute approximate surface area is 110 Å². The Kier molecular flexibility index (Phi) is 3.92. The number of rotatable bonds is 4. The predicted molar refractivity (Wildman–Crippen MR) is 71.7 cm³/mol. The fraction of sp³-hybridized carbons (Fsp3) is 0.250. The van der Waals surface area contributed by atoms with Crippen LogP contribution in [0.4, 0.5) is 5.69 Å². The standard InChI is InChI=1S/C12H13Cl2N3/c1-2-12(17-9-6-15-16-7-9)8-3-4-10(13)11(14)5-8/h3-7,12,17H,2H2,1H3,(H,15,16). The molecule has 0 spiro atoms. The molecule has 1 aromatic carbocycles. The van der Waals surface area contributed by atoms with Crippen molar-refractivity contribution in [2.45, 2.75) is 19.4 Å². The van der Waals surface area contributed by atoms with E-state index in [-0.39, 0.29) is 6.04 Å². The molecule has 2 N–H and O–H groups in total. The van der Waals surface area contributed by atoms with E-state index in [0.717, 1.165) is 17.7 Å². The fourth-order valence-corrected chi connectivity index (χ4v) is 1.99. The van der Waals surface area contributed by atoms with Crippen LogP contribution in [0.25, 0.3) is 0 Å². The molecule has 0 aliphatic heterocycles. The van der Waals surface area contributed by atoms with Crippen LogP contribution in [-0.2, 0) is 0 Å². The van der Waals surface area contributed by atoms with Crippen molar-refractivity contribution < 1.29 is 0 Å². The van der Waals surface area contributed by atoms with Crippen molar-refractivity contribution in [3.8, 4) is 0 Å². The van der Waals surface area contributed by atoms with E-state index in [0.29, 0.717) is 10.0 Å². The molecule has 0 aliphatic carbocycles. The third-order valence-corrected chi connectivity index (χ3v) is 3.33. The summed E-state index contributed by atoms with van der Waals surface area (Å²) in [4.78, 5) is 0. The monoisotopic (exact) mass is 269 g/mol. The predicted octanol–water partition coefficient (Wildman–Crippen LogP) is 4.28. The minimum Gasteiger partial charge on any atom is -0.376 e. The van der Waals surface area contributed by atoms with Crippen molar-refractivity contribution in [2.24, 2.45) is 0 Å². The summed E-state index contributed by atoms with van der Waals surface area (Å²) in [7, 11) is 0. The summed E-state index contributed by atoms with van der Waals surface area (Å²) in [5, 5.41) is 11.2. The largest absolute Gasteiger partial charge is 0.376 e. The van der Waals surface area contributed by atoms with Gasteiger partial charge in [-0.05, 0) is 24.1 Å². The van der Waals surface area contributed by atoms with Gasteiger partial charge in [0, 0.05) is 6.20 Å². The van der Waals surface area contributed by atoms with Gasteiger partial charge in [0.25, 0.3) is 0 Å². The molecule has 0 saturated carbocycles. The molecule has 3 nitrogen and oxygen atoms in total. The lowest BCUT2D eigenvalue weighted by atomic mass is 10.0. The van der Waals surface area contributed by atoms with Crippen LogP contribution in [0.1, 0.15) is 24.9 Å². The van der Waals surface area contributed by atoms with Crippen molar-refractivity contribution >= 4 is 28.9 Å². The Morgan fingerprint density at radius 1 is 1.35 bits per heavy atom. The zero-order valence-corrected chi connectivity index (χ0v) is 10.9. The van der Waals surface area contributed by atoms with E-state index in [4.69, 9.17) is 23.2 Å². The molecular weight excluding hydrogens is 257 g/mol. The van der Waals surface area contributed by atoms with Crippen molar-refractivity contribution in [2.75, 3.05) is 5.32 Å². The highest BCUT2D eigenvalue weighted by Gasteiger charge is 2.11. The number of nitrogens with zero attached hydrogens (tertiary/aromatic N) is 1. The topological polar surface area (TPSA) is 40.7 Å². The zero-order valence-electron chi connectivity index (χ0n) is 9.37. The summed E-state index contributed by atoms with van der Waals surface area (Å²) in [6.07, 6.45) is 4.52. The quantitative estimate of drug-likeness (QED) is 0.870. The molecule has 0 radical (unpaired) electrons. The van der Waals surface area contributed by atoms with Crippen LogP contribution in [0.3, 0.4) is 0 Å². The number of anilines is 1. The molecule has 90 valence electrons. The first-order valence-electron chi connectivity index (χ1n) is 5.41. The minimum absolute atomic E-state index is 0.197. The van der Waals surface area contributed by atoms with Gasteiger partial charge in [0.1, 0.15) is 0 Å². The molecule has 0 aliphatic rings. The highest BCUT2D eigenvalue weighted by molar-refractivity contribution is 6.42. The molecule has 0 amide bonds. The number of nitrogens with one attached hydrogen (secondary N) is 2. The Hall–Kier alpha value is -1.19. The van der Waals surface area contributed by atoms with E-state index in [1.165, 1.54) is 0 Å². The zero-order chi connectivity index (χ0) is 12.3. The van der Waals surface area contributed by atoms with Gasteiger partial charge in [0.2, 0.25) is 0 Å². The van der Waals surface area contributed by atoms with Gasteiger partial charge in [0.15, 0.2) is 0 Å². The first-order chi connectivity index (χ1) is 8.20. The average Bonchev–Trinajstić information content (AvgIpc) is 2.82. The maximum Gasteiger partial charge on any atom is 0.0728 e. The lowest BCUT2D eigenvalue weighted by Crippen LogP contribution is -2.09. The first-order valence-corrected chi connectivity index (χ1v) is 6.16. The maximum absolute atomic E-state index is 6.02. The van der Waals surface area contributed by atoms with Crippen molar-refractivity contribution in [3.05, 3.63) is 46.2 Å². The number of H-pyrrole nitrogens is 1. The Morgan fingerprint density at radius 3 is 2.76 bits per heavy atom. The second-order valence-corrected chi connectivity index (χ2v) is 4.58. The molecule has 0 bridgehead atoms. The molecule has 1 atom stereocenters. The number of aromatic nitrogens is 2. The fourth-order valence-electron chi connectivity index (χ4n) is 1.68. The van der Waals surface area contributed by atoms with Crippen LogP contribution in [0.2, 0.25) is 10.0 Å². The van der Waals surface area contributed by atoms with Crippen LogP contribution in [0, 0.1) is 0 Å². The van der Waals surface area contributed by atoms with E-state index in [9.17, 15) is 0 Å². The van der Waals surface area contributed by atoms with E-state index in [2.05, 4.69) is 22.4 Å². The Balaban J connectivity index is 2.20. The van der Waals surface area contributed by atoms with Gasteiger partial charge >= 0.3 is 0 Å². The molecule has 17 heavy (non-hydrogen) atoms. The first kappa shape index (κ1) is 12.3. The normalized spacial score (nSPS) is 12.4. The third kappa shape index (κ3) is 2.93. The van der Waals surface area contributed by atoms with Crippen LogP contribution >= 0.6 is 23.2 Å². The van der Waals surface area contributed by atoms with Crippen molar-refractivity contribution in [3.63, 3.8) is 0 Å². The summed E-state index contributed by atoms with van der Waals surface area (Å²) in [6.45, 7) is 2.11. The van der Waals surface area contributed by atoms with E-state index < -0.39 is 0 Å². The van der Waals surface area contributed by atoms with Gasteiger partial charge in [0.05, 0.1) is 28.0 Å². The van der Waals surface area contributed by atoms with Crippen molar-refractivity contribution in [1.29, 1.82) is 0 Å². The lowest BCUT2D eigenvalue weighted by Gasteiger charge is -2.17. The molecule has 0 fully saturated rings. The summed E-state index contributed by atoms with van der Waals surface area (Å²) in [6, 6.07) is 5.89. The second-order valence-electron chi connectivity index (χ2n) is 3.77. The third-order valence-electron chi connectivity index (χ3n) is 2.59. The molecule has 2 aromatic rings. The number of hydrogen-bond acceptors (Lipinski definition) is 2. The highest BCUT2D eigenvalue weighted by Crippen LogP contribution is 2.28. The lowest BCUT2D eigenvalue weighted by molar-refractivity contribution is 0.749. The highest BCUT2D eigenvalue weighted by atomic mass is 35.5. The van der Waals surface area contributed by atoms with E-state index >= 15 is 0 Å². The van der Waals surface area contributed by atoms with E-state index in [1.54, 1.807) is 6.20 Å². The SMILES string of the molecule is CCC(Nc1cn[nH]c1)c1ccc(Cl)c(Cl)c1.